The first-order chi connectivity index (χ1) is 12.2. The van der Waals surface area contributed by atoms with Crippen molar-refractivity contribution >= 4 is 32.7 Å². The minimum atomic E-state index is -0.506. The van der Waals surface area contributed by atoms with E-state index in [1.54, 1.807) is 0 Å². The van der Waals surface area contributed by atoms with E-state index in [0.29, 0.717) is 0 Å². The zero-order valence-corrected chi connectivity index (χ0v) is 8.49. The number of hydrogen-bond acceptors (Lipinski definition) is 1. The van der Waals surface area contributed by atoms with Gasteiger partial charge in [-0.05, 0) is 28.9 Å². The van der Waals surface area contributed by atoms with Crippen LogP contribution < -0.4 is 0 Å². The summed E-state index contributed by atoms with van der Waals surface area (Å²) in [6, 6.07) is -2.08. The van der Waals surface area contributed by atoms with E-state index in [4.69, 9.17) is 16.8 Å². The molecule has 0 unspecified atom stereocenters. The Morgan fingerprint density at radius 2 is 1.53 bits per heavy atom. The predicted molar refractivity (Wildman–Crippen MR) is 71.2 cm³/mol. The summed E-state index contributed by atoms with van der Waals surface area (Å²) in [6.07, 6.45) is 0. The van der Waals surface area contributed by atoms with Crippen LogP contribution in [0.15, 0.2) is 64.9 Å². The molecule has 1 aromatic heterocycles. The lowest BCUT2D eigenvalue weighted by Gasteiger charge is -1.96. The molecule has 0 aliphatic heterocycles. The highest BCUT2D eigenvalue weighted by Gasteiger charge is 2.06. The minimum Gasteiger partial charge on any atom is -0.456 e. The molecule has 1 heterocycles. The lowest BCUT2D eigenvalue weighted by molar-refractivity contribution is 0.669. The monoisotopic (exact) mass is 227 g/mol. The van der Waals surface area contributed by atoms with Gasteiger partial charge in [0.2, 0.25) is 0 Å². The standard InChI is InChI=1S/C16H10O/c1-2-6-12-10-16-14(9-11(12)5-1)13-7-3-4-8-15(13)17-16/h1-10H/i1D,2D,3D,4D,5D,6D,8D,9D,10D. The average Bonchev–Trinajstić information content (AvgIpc) is 2.99. The van der Waals surface area contributed by atoms with E-state index in [-0.39, 0.29) is 62.9 Å². The molecule has 17 heavy (non-hydrogen) atoms. The van der Waals surface area contributed by atoms with Gasteiger partial charge in [0.25, 0.3) is 0 Å². The number of rotatable bonds is 0. The Morgan fingerprint density at radius 1 is 0.765 bits per heavy atom. The van der Waals surface area contributed by atoms with Crippen molar-refractivity contribution in [2.75, 3.05) is 0 Å². The number of fused-ring (bicyclic) bond motifs is 4. The van der Waals surface area contributed by atoms with Crippen molar-refractivity contribution in [1.29, 1.82) is 0 Å². The number of benzene rings is 3. The Kier molecular flexibility index (Phi) is 0.710. The van der Waals surface area contributed by atoms with Gasteiger partial charge in [0, 0.05) is 10.8 Å². The second-order valence-electron chi connectivity index (χ2n) is 3.59. The Bertz CT molecular complexity index is 1270. The first-order valence-corrected chi connectivity index (χ1v) is 4.99. The minimum absolute atomic E-state index is 0.0476. The third-order valence-electron chi connectivity index (χ3n) is 2.59. The van der Waals surface area contributed by atoms with Crippen molar-refractivity contribution < 1.29 is 16.8 Å². The van der Waals surface area contributed by atoms with E-state index in [1.807, 2.05) is 0 Å². The van der Waals surface area contributed by atoms with Crippen LogP contribution in [0, 0.1) is 0 Å². The van der Waals surface area contributed by atoms with Crippen LogP contribution in [-0.4, -0.2) is 0 Å². The first kappa shape index (κ1) is 3.88. The molecule has 0 aliphatic carbocycles. The molecule has 0 amide bonds. The van der Waals surface area contributed by atoms with E-state index in [0.717, 1.165) is 0 Å². The van der Waals surface area contributed by atoms with Crippen LogP contribution in [0.2, 0.25) is 0 Å². The lowest BCUT2D eigenvalue weighted by Crippen LogP contribution is -1.71. The summed E-state index contributed by atoms with van der Waals surface area (Å²) in [5, 5.41) is 0.0730. The summed E-state index contributed by atoms with van der Waals surface area (Å²) in [5.74, 6) is 0. The molecule has 80 valence electrons. The Balaban J connectivity index is 2.40. The molecule has 0 saturated carbocycles. The summed E-state index contributed by atoms with van der Waals surface area (Å²) in [4.78, 5) is 0. The van der Waals surface area contributed by atoms with Crippen molar-refractivity contribution in [2.45, 2.75) is 0 Å². The predicted octanol–water partition coefficient (Wildman–Crippen LogP) is 4.74. The van der Waals surface area contributed by atoms with Crippen molar-refractivity contribution in [3.05, 3.63) is 60.4 Å². The van der Waals surface area contributed by atoms with E-state index >= 15 is 0 Å². The summed E-state index contributed by atoms with van der Waals surface area (Å²) < 4.78 is 77.6. The highest BCUT2D eigenvalue weighted by atomic mass is 16.3. The van der Waals surface area contributed by atoms with Crippen molar-refractivity contribution in [3.63, 3.8) is 0 Å². The van der Waals surface area contributed by atoms with Crippen LogP contribution in [0.25, 0.3) is 32.7 Å². The second-order valence-corrected chi connectivity index (χ2v) is 3.59. The molecule has 0 spiro atoms. The molecule has 0 N–H and O–H groups in total. The molecule has 0 atom stereocenters. The summed E-state index contributed by atoms with van der Waals surface area (Å²) in [5.41, 5.74) is -0.144. The van der Waals surface area contributed by atoms with Gasteiger partial charge in [-0.25, -0.2) is 0 Å². The van der Waals surface area contributed by atoms with E-state index < -0.39 is 24.2 Å². The third-order valence-corrected chi connectivity index (χ3v) is 2.59. The first-order valence-electron chi connectivity index (χ1n) is 9.49. The van der Waals surface area contributed by atoms with Crippen molar-refractivity contribution in [2.24, 2.45) is 0 Å². The summed E-state index contributed by atoms with van der Waals surface area (Å²) in [7, 11) is 0. The molecule has 4 aromatic rings. The molecular formula is C16H10O. The topological polar surface area (TPSA) is 13.1 Å². The quantitative estimate of drug-likeness (QED) is 0.423. The van der Waals surface area contributed by atoms with Gasteiger partial charge in [-0.15, -0.1) is 0 Å². The average molecular weight is 227 g/mol. The molecule has 3 aromatic carbocycles. The van der Waals surface area contributed by atoms with Gasteiger partial charge in [0.1, 0.15) is 11.2 Å². The van der Waals surface area contributed by atoms with Crippen molar-refractivity contribution in [1.82, 2.24) is 0 Å². The molecule has 0 radical (unpaired) electrons. The van der Waals surface area contributed by atoms with Crippen LogP contribution >= 0.6 is 0 Å². The molecular weight excluding hydrogens is 208 g/mol. The van der Waals surface area contributed by atoms with Gasteiger partial charge in [0.05, 0.1) is 12.3 Å². The normalized spacial score (nSPS) is 18.9. The molecule has 1 nitrogen and oxygen atoms in total. The van der Waals surface area contributed by atoms with Crippen molar-refractivity contribution in [3.8, 4) is 0 Å². The second kappa shape index (κ2) is 3.11. The van der Waals surface area contributed by atoms with Gasteiger partial charge >= 0.3 is 0 Å². The highest BCUT2D eigenvalue weighted by molar-refractivity contribution is 6.09. The third kappa shape index (κ3) is 1.19. The molecule has 0 aliphatic rings. The van der Waals surface area contributed by atoms with Gasteiger partial charge in [-0.1, -0.05) is 42.3 Å². The smallest absolute Gasteiger partial charge is 0.136 e. The Morgan fingerprint density at radius 3 is 2.41 bits per heavy atom. The van der Waals surface area contributed by atoms with Gasteiger partial charge in [-0.2, -0.15) is 0 Å². The van der Waals surface area contributed by atoms with Crippen LogP contribution in [0.3, 0.4) is 0 Å². The van der Waals surface area contributed by atoms with E-state index in [9.17, 15) is 0 Å². The van der Waals surface area contributed by atoms with Crippen LogP contribution in [0.1, 0.15) is 12.3 Å². The maximum Gasteiger partial charge on any atom is 0.136 e. The largest absolute Gasteiger partial charge is 0.456 e. The Hall–Kier alpha value is -2.28. The fraction of sp³-hybridized carbons (Fsp3) is 0. The molecule has 4 rings (SSSR count). The van der Waals surface area contributed by atoms with Gasteiger partial charge in [-0.3, -0.25) is 0 Å². The molecule has 0 fully saturated rings. The highest BCUT2D eigenvalue weighted by Crippen LogP contribution is 2.31. The zero-order chi connectivity index (χ0) is 19.1. The fourth-order valence-electron chi connectivity index (χ4n) is 1.83. The van der Waals surface area contributed by atoms with Gasteiger partial charge < -0.3 is 4.42 Å². The van der Waals surface area contributed by atoms with Gasteiger partial charge in [0.15, 0.2) is 0 Å². The SMILES string of the molecule is [2H]c1cc2c(oc3c([2H])c4c([2H])c([2H])c([2H])c([2H])c4c([2H])c32)c([2H])c1[2H]. The van der Waals surface area contributed by atoms with Crippen LogP contribution in [-0.2, 0) is 0 Å². The number of para-hydroxylation sites is 1. The molecule has 1 heteroatoms. The lowest BCUT2D eigenvalue weighted by atomic mass is 10.1. The fourth-order valence-corrected chi connectivity index (χ4v) is 1.83. The maximum atomic E-state index is 8.47. The number of hydrogen-bond donors (Lipinski definition) is 0. The van der Waals surface area contributed by atoms with E-state index in [2.05, 4.69) is 0 Å². The summed E-state index contributed by atoms with van der Waals surface area (Å²) >= 11 is 0. The van der Waals surface area contributed by atoms with E-state index in [1.165, 1.54) is 6.07 Å². The zero-order valence-electron chi connectivity index (χ0n) is 17.5. The molecule has 0 bridgehead atoms. The Labute approximate surface area is 111 Å². The maximum absolute atomic E-state index is 8.47. The summed E-state index contributed by atoms with van der Waals surface area (Å²) in [6.45, 7) is 0. The van der Waals surface area contributed by atoms with Crippen LogP contribution in [0.5, 0.6) is 0 Å². The van der Waals surface area contributed by atoms with Crippen LogP contribution in [0.4, 0.5) is 0 Å². The molecule has 0 saturated heterocycles. The number of furan rings is 1.